The van der Waals surface area contributed by atoms with Crippen molar-refractivity contribution >= 4 is 17.8 Å². The summed E-state index contributed by atoms with van der Waals surface area (Å²) in [5, 5.41) is 9.09. The highest BCUT2D eigenvalue weighted by atomic mass is 16.5. The maximum atomic E-state index is 12.4. The first kappa shape index (κ1) is 14.4. The number of hydrogen-bond donors (Lipinski definition) is 0. The van der Waals surface area contributed by atoms with Gasteiger partial charge in [0, 0.05) is 25.1 Å². The Hall–Kier alpha value is -2.57. The van der Waals surface area contributed by atoms with E-state index in [2.05, 4.69) is 5.10 Å². The molecule has 0 spiro atoms. The Kier molecular flexibility index (Phi) is 3.70. The number of fused-ring (bicyclic) bond motifs is 1. The second-order valence-electron chi connectivity index (χ2n) is 5.08. The Bertz CT molecular complexity index is 616. The molecule has 2 aliphatic rings. The van der Waals surface area contributed by atoms with Crippen LogP contribution in [0.25, 0.3) is 0 Å². The summed E-state index contributed by atoms with van der Waals surface area (Å²) in [7, 11) is 1.36. The van der Waals surface area contributed by atoms with Crippen molar-refractivity contribution in [3.63, 3.8) is 0 Å². The van der Waals surface area contributed by atoms with Crippen molar-refractivity contribution in [1.29, 1.82) is 0 Å². The fourth-order valence-corrected chi connectivity index (χ4v) is 2.77. The van der Waals surface area contributed by atoms with Crippen LogP contribution in [-0.2, 0) is 9.53 Å². The van der Waals surface area contributed by atoms with Crippen LogP contribution in [0.3, 0.4) is 0 Å². The molecule has 0 bridgehead atoms. The minimum Gasteiger partial charge on any atom is -0.467 e. The summed E-state index contributed by atoms with van der Waals surface area (Å²) in [5.74, 6) is 0.235. The molecule has 2 aliphatic heterocycles. The number of hydrazone groups is 1. The number of hydrazine groups is 1. The Labute approximate surface area is 128 Å². The van der Waals surface area contributed by atoms with Gasteiger partial charge in [0.15, 0.2) is 11.9 Å². The molecule has 2 heterocycles. The Morgan fingerprint density at radius 2 is 2.09 bits per heavy atom. The molecule has 1 fully saturated rings. The lowest BCUT2D eigenvalue weighted by molar-refractivity contribution is -0.146. The largest absolute Gasteiger partial charge is 0.467 e. The second-order valence-corrected chi connectivity index (χ2v) is 5.08. The number of urea groups is 1. The van der Waals surface area contributed by atoms with E-state index in [1.807, 2.05) is 37.3 Å². The molecule has 0 N–H and O–H groups in total. The van der Waals surface area contributed by atoms with Gasteiger partial charge in [0.2, 0.25) is 0 Å². The third-order valence-corrected chi connectivity index (χ3v) is 3.85. The number of benzene rings is 1. The summed E-state index contributed by atoms with van der Waals surface area (Å²) < 4.78 is 4.87. The first-order chi connectivity index (χ1) is 10.7. The predicted octanol–water partition coefficient (Wildman–Crippen LogP) is 1.27. The highest BCUT2D eigenvalue weighted by Crippen LogP contribution is 2.27. The van der Waals surface area contributed by atoms with Gasteiger partial charge in [-0.3, -0.25) is 0 Å². The molecule has 0 saturated carbocycles. The maximum Gasteiger partial charge on any atom is 0.359 e. The fraction of sp³-hybridized carbons (Fsp3) is 0.400. The smallest absolute Gasteiger partial charge is 0.359 e. The van der Waals surface area contributed by atoms with E-state index in [1.54, 1.807) is 10.0 Å². The van der Waals surface area contributed by atoms with Gasteiger partial charge >= 0.3 is 12.0 Å². The lowest BCUT2D eigenvalue weighted by Crippen LogP contribution is -2.58. The Morgan fingerprint density at radius 3 is 2.73 bits per heavy atom. The molecule has 2 amide bonds. The summed E-state index contributed by atoms with van der Waals surface area (Å²) >= 11 is 0. The Balaban J connectivity index is 2.06. The SMILES string of the molecule is CCN1N=C(c2ccccc2)N2C(C(=O)OC)CCN2C1=O. The van der Waals surface area contributed by atoms with E-state index in [0.29, 0.717) is 25.3 Å². The van der Waals surface area contributed by atoms with E-state index in [1.165, 1.54) is 12.1 Å². The molecule has 1 atom stereocenters. The lowest BCUT2D eigenvalue weighted by Gasteiger charge is -2.39. The maximum absolute atomic E-state index is 12.4. The second kappa shape index (κ2) is 5.67. The number of hydrogen-bond acceptors (Lipinski definition) is 5. The predicted molar refractivity (Wildman–Crippen MR) is 79.7 cm³/mol. The number of amidine groups is 1. The van der Waals surface area contributed by atoms with Crippen LogP contribution in [0.2, 0.25) is 0 Å². The molecule has 22 heavy (non-hydrogen) atoms. The number of nitrogens with zero attached hydrogens (tertiary/aromatic N) is 4. The van der Waals surface area contributed by atoms with Crippen molar-refractivity contribution in [2.24, 2.45) is 5.10 Å². The van der Waals surface area contributed by atoms with Gasteiger partial charge in [-0.05, 0) is 6.92 Å². The van der Waals surface area contributed by atoms with Gasteiger partial charge in [-0.1, -0.05) is 30.3 Å². The van der Waals surface area contributed by atoms with Gasteiger partial charge in [0.05, 0.1) is 7.11 Å². The first-order valence-electron chi connectivity index (χ1n) is 7.27. The van der Waals surface area contributed by atoms with E-state index in [9.17, 15) is 9.59 Å². The molecule has 1 unspecified atom stereocenters. The molecule has 3 rings (SSSR count). The number of carbonyl (C=O) groups excluding carboxylic acids is 2. The molecule has 116 valence electrons. The van der Waals surface area contributed by atoms with E-state index >= 15 is 0 Å². The van der Waals surface area contributed by atoms with Gasteiger partial charge in [0.1, 0.15) is 0 Å². The van der Waals surface area contributed by atoms with Crippen LogP contribution in [0.15, 0.2) is 35.4 Å². The normalized spacial score (nSPS) is 20.8. The Morgan fingerprint density at radius 1 is 1.36 bits per heavy atom. The zero-order valence-electron chi connectivity index (χ0n) is 12.6. The number of carbonyl (C=O) groups is 2. The first-order valence-corrected chi connectivity index (χ1v) is 7.27. The number of ether oxygens (including phenoxy) is 1. The fourth-order valence-electron chi connectivity index (χ4n) is 2.77. The number of methoxy groups -OCH3 is 1. The molecule has 0 radical (unpaired) electrons. The molecule has 1 saturated heterocycles. The lowest BCUT2D eigenvalue weighted by atomic mass is 10.1. The summed E-state index contributed by atoms with van der Waals surface area (Å²) in [6.45, 7) is 2.82. The van der Waals surface area contributed by atoms with Crippen LogP contribution in [0, 0.1) is 0 Å². The van der Waals surface area contributed by atoms with Crippen LogP contribution in [0.5, 0.6) is 0 Å². The van der Waals surface area contributed by atoms with Gasteiger partial charge in [-0.15, -0.1) is 5.10 Å². The van der Waals surface area contributed by atoms with Crippen molar-refractivity contribution in [2.45, 2.75) is 19.4 Å². The van der Waals surface area contributed by atoms with Crippen molar-refractivity contribution in [3.8, 4) is 0 Å². The van der Waals surface area contributed by atoms with Crippen LogP contribution >= 0.6 is 0 Å². The molecule has 1 aromatic carbocycles. The molecule has 0 aliphatic carbocycles. The van der Waals surface area contributed by atoms with Gasteiger partial charge in [-0.2, -0.15) is 0 Å². The summed E-state index contributed by atoms with van der Waals surface area (Å²) in [6, 6.07) is 8.80. The van der Waals surface area contributed by atoms with Crippen LogP contribution in [0.4, 0.5) is 4.79 Å². The van der Waals surface area contributed by atoms with Crippen LogP contribution in [-0.4, -0.2) is 59.1 Å². The van der Waals surface area contributed by atoms with Crippen LogP contribution in [0.1, 0.15) is 18.9 Å². The van der Waals surface area contributed by atoms with Crippen molar-refractivity contribution < 1.29 is 14.3 Å². The highest BCUT2D eigenvalue weighted by Gasteiger charge is 2.46. The van der Waals surface area contributed by atoms with E-state index in [-0.39, 0.29) is 12.0 Å². The number of amides is 2. The van der Waals surface area contributed by atoms with E-state index < -0.39 is 6.04 Å². The van der Waals surface area contributed by atoms with Crippen LogP contribution < -0.4 is 0 Å². The number of esters is 1. The van der Waals surface area contributed by atoms with E-state index in [4.69, 9.17) is 4.74 Å². The third kappa shape index (κ3) is 2.18. The molecule has 0 aromatic heterocycles. The molecule has 7 heteroatoms. The van der Waals surface area contributed by atoms with Gasteiger partial charge in [0.25, 0.3) is 0 Å². The highest BCUT2D eigenvalue weighted by molar-refractivity contribution is 6.03. The summed E-state index contributed by atoms with van der Waals surface area (Å²) in [6.07, 6.45) is 0.530. The molecular weight excluding hydrogens is 284 g/mol. The number of rotatable bonds is 3. The minimum absolute atomic E-state index is 0.214. The van der Waals surface area contributed by atoms with Gasteiger partial charge < -0.3 is 4.74 Å². The standard InChI is InChI=1S/C15H18N4O3/c1-3-17-15(21)18-10-9-12(14(20)22-2)19(18)13(16-17)11-7-5-4-6-8-11/h4-8,12H,3,9-10H2,1-2H3. The topological polar surface area (TPSA) is 65.5 Å². The average Bonchev–Trinajstić information content (AvgIpc) is 3.01. The summed E-state index contributed by atoms with van der Waals surface area (Å²) in [5.41, 5.74) is 0.856. The molecule has 1 aromatic rings. The average molecular weight is 302 g/mol. The van der Waals surface area contributed by atoms with Crippen molar-refractivity contribution in [1.82, 2.24) is 15.0 Å². The van der Waals surface area contributed by atoms with Crippen molar-refractivity contribution in [3.05, 3.63) is 35.9 Å². The monoisotopic (exact) mass is 302 g/mol. The van der Waals surface area contributed by atoms with Gasteiger partial charge in [-0.25, -0.2) is 24.6 Å². The third-order valence-electron chi connectivity index (χ3n) is 3.85. The van der Waals surface area contributed by atoms with Crippen molar-refractivity contribution in [2.75, 3.05) is 20.2 Å². The zero-order valence-corrected chi connectivity index (χ0v) is 12.6. The minimum atomic E-state index is -0.521. The summed E-state index contributed by atoms with van der Waals surface area (Å²) in [4.78, 5) is 24.5. The van der Waals surface area contributed by atoms with E-state index in [0.717, 1.165) is 5.56 Å². The zero-order chi connectivity index (χ0) is 15.7. The quantitative estimate of drug-likeness (QED) is 0.789. The molecular formula is C15H18N4O3. The molecule has 7 nitrogen and oxygen atoms in total.